The number of nitrogens with one attached hydrogen (secondary N) is 1. The first-order valence-corrected chi connectivity index (χ1v) is 7.97. The molecule has 1 atom stereocenters. The van der Waals surface area contributed by atoms with E-state index in [0.717, 1.165) is 6.26 Å². The molecule has 1 unspecified atom stereocenters. The molecule has 0 aliphatic heterocycles. The quantitative estimate of drug-likeness (QED) is 0.791. The molecular weight excluding hydrogens is 278 g/mol. The first kappa shape index (κ1) is 14.7. The second-order valence-corrected chi connectivity index (χ2v) is 6.97. The summed E-state index contributed by atoms with van der Waals surface area (Å²) >= 11 is 1.21. The molecule has 0 saturated heterocycles. The van der Waals surface area contributed by atoms with Gasteiger partial charge >= 0.3 is 5.97 Å². The number of hydrogen-bond acceptors (Lipinski definition) is 5. The van der Waals surface area contributed by atoms with Gasteiger partial charge in [-0.25, -0.2) is 13.2 Å². The Hall–Kier alpha value is -1.41. The van der Waals surface area contributed by atoms with Gasteiger partial charge in [0.1, 0.15) is 9.84 Å². The van der Waals surface area contributed by atoms with Gasteiger partial charge in [0.05, 0.1) is 5.75 Å². The molecular formula is C10H13NO5S2. The predicted molar refractivity (Wildman–Crippen MR) is 67.2 cm³/mol. The Morgan fingerprint density at radius 3 is 2.61 bits per heavy atom. The molecule has 1 aromatic heterocycles. The molecule has 8 heteroatoms. The average molecular weight is 291 g/mol. The summed E-state index contributed by atoms with van der Waals surface area (Å²) in [7, 11) is -3.23. The summed E-state index contributed by atoms with van der Waals surface area (Å²) in [6, 6.07) is 2.15. The zero-order valence-electron chi connectivity index (χ0n) is 9.62. The molecule has 0 aromatic carbocycles. The molecule has 0 radical (unpaired) electrons. The van der Waals surface area contributed by atoms with Crippen LogP contribution in [0.15, 0.2) is 17.5 Å². The molecule has 1 aromatic rings. The molecule has 0 fully saturated rings. The zero-order valence-corrected chi connectivity index (χ0v) is 11.3. The molecule has 6 nitrogen and oxygen atoms in total. The minimum absolute atomic E-state index is 0.242. The lowest BCUT2D eigenvalue weighted by atomic mass is 10.2. The third-order valence-electron chi connectivity index (χ3n) is 2.08. The Labute approximate surface area is 109 Å². The number of thiophene rings is 1. The van der Waals surface area contributed by atoms with Crippen molar-refractivity contribution < 1.29 is 23.1 Å². The lowest BCUT2D eigenvalue weighted by Crippen LogP contribution is -2.34. The summed E-state index contributed by atoms with van der Waals surface area (Å²) in [5.74, 6) is -2.07. The molecule has 1 rings (SSSR count). The summed E-state index contributed by atoms with van der Waals surface area (Å²) in [6.07, 6.45) is 0.780. The van der Waals surface area contributed by atoms with Crippen LogP contribution in [-0.2, 0) is 19.4 Å². The van der Waals surface area contributed by atoms with Gasteiger partial charge in [-0.05, 0) is 11.4 Å². The molecule has 0 aliphatic rings. The molecule has 18 heavy (non-hydrogen) atoms. The van der Waals surface area contributed by atoms with E-state index in [1.807, 2.05) is 0 Å². The van der Waals surface area contributed by atoms with Gasteiger partial charge in [-0.3, -0.25) is 4.79 Å². The molecule has 0 aliphatic carbocycles. The topological polar surface area (TPSA) is 101 Å². The van der Waals surface area contributed by atoms with E-state index in [9.17, 15) is 18.0 Å². The Morgan fingerprint density at radius 1 is 1.50 bits per heavy atom. The number of carbonyl (C=O) groups excluding carboxylic acids is 1. The number of sulfone groups is 1. The highest BCUT2D eigenvalue weighted by Gasteiger charge is 2.23. The van der Waals surface area contributed by atoms with Crippen LogP contribution in [0.5, 0.6) is 0 Å². The smallest absolute Gasteiger partial charge is 0.331 e. The molecule has 0 saturated carbocycles. The van der Waals surface area contributed by atoms with Crippen LogP contribution in [0.4, 0.5) is 0 Å². The predicted octanol–water partition coefficient (Wildman–Crippen LogP) is 0.425. The Bertz CT molecular complexity index is 520. The monoisotopic (exact) mass is 291 g/mol. The number of carboxylic acid groups (broad SMARTS) is 1. The minimum Gasteiger partial charge on any atom is -0.479 e. The van der Waals surface area contributed by atoms with Crippen molar-refractivity contribution in [2.45, 2.75) is 12.5 Å². The SMILES string of the molecule is CS(=O)(=O)CCC(=O)NC(C(=O)O)c1cccs1. The van der Waals surface area contributed by atoms with Crippen molar-refractivity contribution >= 4 is 33.1 Å². The highest BCUT2D eigenvalue weighted by Crippen LogP contribution is 2.19. The van der Waals surface area contributed by atoms with Crippen LogP contribution in [-0.4, -0.2) is 37.4 Å². The van der Waals surface area contributed by atoms with Gasteiger partial charge in [-0.1, -0.05) is 6.07 Å². The number of hydrogen-bond donors (Lipinski definition) is 2. The zero-order chi connectivity index (χ0) is 13.8. The van der Waals surface area contributed by atoms with Crippen molar-refractivity contribution in [2.75, 3.05) is 12.0 Å². The van der Waals surface area contributed by atoms with Gasteiger partial charge in [0, 0.05) is 17.6 Å². The maximum atomic E-state index is 11.5. The number of carbonyl (C=O) groups is 2. The van der Waals surface area contributed by atoms with Crippen molar-refractivity contribution in [3.8, 4) is 0 Å². The second-order valence-electron chi connectivity index (χ2n) is 3.73. The third-order valence-corrected chi connectivity index (χ3v) is 3.96. The lowest BCUT2D eigenvalue weighted by molar-refractivity contribution is -0.141. The summed E-state index contributed by atoms with van der Waals surface area (Å²) in [5.41, 5.74) is 0. The minimum atomic E-state index is -3.23. The van der Waals surface area contributed by atoms with Crippen LogP contribution < -0.4 is 5.32 Å². The van der Waals surface area contributed by atoms with Crippen LogP contribution in [0.1, 0.15) is 17.3 Å². The standard InChI is InChI=1S/C10H13NO5S2/c1-18(15,16)6-4-8(12)11-9(10(13)14)7-3-2-5-17-7/h2-3,5,9H,4,6H2,1H3,(H,11,12)(H,13,14). The van der Waals surface area contributed by atoms with E-state index in [0.29, 0.717) is 4.88 Å². The fourth-order valence-electron chi connectivity index (χ4n) is 1.22. The number of amides is 1. The van der Waals surface area contributed by atoms with E-state index in [4.69, 9.17) is 5.11 Å². The normalized spacial score (nSPS) is 12.9. The molecule has 0 bridgehead atoms. The van der Waals surface area contributed by atoms with Gasteiger partial charge in [0.25, 0.3) is 0 Å². The molecule has 0 spiro atoms. The Balaban J connectivity index is 2.63. The number of rotatable bonds is 6. The van der Waals surface area contributed by atoms with Gasteiger partial charge in [-0.15, -0.1) is 11.3 Å². The highest BCUT2D eigenvalue weighted by atomic mass is 32.2. The fourth-order valence-corrected chi connectivity index (χ4v) is 2.54. The van der Waals surface area contributed by atoms with E-state index in [1.165, 1.54) is 11.3 Å². The largest absolute Gasteiger partial charge is 0.479 e. The molecule has 2 N–H and O–H groups in total. The summed E-state index contributed by atoms with van der Waals surface area (Å²) < 4.78 is 21.8. The third kappa shape index (κ3) is 4.84. The number of aliphatic carboxylic acids is 1. The van der Waals surface area contributed by atoms with Gasteiger partial charge < -0.3 is 10.4 Å². The van der Waals surface area contributed by atoms with Gasteiger partial charge in [0.2, 0.25) is 5.91 Å². The van der Waals surface area contributed by atoms with Crippen molar-refractivity contribution in [3.05, 3.63) is 22.4 Å². The lowest BCUT2D eigenvalue weighted by Gasteiger charge is -2.12. The highest BCUT2D eigenvalue weighted by molar-refractivity contribution is 7.90. The maximum Gasteiger partial charge on any atom is 0.331 e. The summed E-state index contributed by atoms with van der Waals surface area (Å²) in [5, 5.41) is 13.0. The first-order valence-electron chi connectivity index (χ1n) is 5.03. The van der Waals surface area contributed by atoms with Crippen LogP contribution in [0.2, 0.25) is 0 Å². The van der Waals surface area contributed by atoms with E-state index >= 15 is 0 Å². The summed E-state index contributed by atoms with van der Waals surface area (Å²) in [6.45, 7) is 0. The van der Waals surface area contributed by atoms with Crippen molar-refractivity contribution in [1.29, 1.82) is 0 Å². The van der Waals surface area contributed by atoms with Gasteiger partial charge in [0.15, 0.2) is 6.04 Å². The van der Waals surface area contributed by atoms with Crippen molar-refractivity contribution in [2.24, 2.45) is 0 Å². The van der Waals surface area contributed by atoms with Crippen molar-refractivity contribution in [1.82, 2.24) is 5.32 Å². The van der Waals surface area contributed by atoms with Crippen LogP contribution >= 0.6 is 11.3 Å². The Morgan fingerprint density at radius 2 is 2.17 bits per heavy atom. The van der Waals surface area contributed by atoms with Crippen LogP contribution in [0, 0.1) is 0 Å². The average Bonchev–Trinajstić information content (AvgIpc) is 2.74. The van der Waals surface area contributed by atoms with E-state index in [1.54, 1.807) is 17.5 Å². The Kier molecular flexibility index (Phi) is 4.85. The van der Waals surface area contributed by atoms with E-state index in [-0.39, 0.29) is 12.2 Å². The van der Waals surface area contributed by atoms with Crippen molar-refractivity contribution in [3.63, 3.8) is 0 Å². The van der Waals surface area contributed by atoms with Gasteiger partial charge in [-0.2, -0.15) is 0 Å². The van der Waals surface area contributed by atoms with E-state index < -0.39 is 27.8 Å². The summed E-state index contributed by atoms with van der Waals surface area (Å²) in [4.78, 5) is 23.0. The number of carboxylic acids is 1. The van der Waals surface area contributed by atoms with Crippen LogP contribution in [0.25, 0.3) is 0 Å². The molecule has 100 valence electrons. The molecule has 1 heterocycles. The van der Waals surface area contributed by atoms with E-state index in [2.05, 4.69) is 5.32 Å². The fraction of sp³-hybridized carbons (Fsp3) is 0.400. The first-order chi connectivity index (χ1) is 8.29. The molecule has 1 amide bonds. The maximum absolute atomic E-state index is 11.5. The second kappa shape index (κ2) is 5.96. The van der Waals surface area contributed by atoms with Crippen LogP contribution in [0.3, 0.4) is 0 Å².